The molecule has 0 saturated heterocycles. The molecule has 13 heteroatoms. The van der Waals surface area contributed by atoms with Crippen molar-refractivity contribution in [3.63, 3.8) is 0 Å². The molecule has 0 saturated carbocycles. The first-order valence-electron chi connectivity index (χ1n) is 27.6. The van der Waals surface area contributed by atoms with Gasteiger partial charge in [0.2, 0.25) is 11.6 Å². The van der Waals surface area contributed by atoms with Crippen LogP contribution in [0, 0.1) is 61.3 Å². The number of nitrogens with one attached hydrogen (secondary N) is 2. The Morgan fingerprint density at radius 2 is 0.720 bits per heavy atom. The summed E-state index contributed by atoms with van der Waals surface area (Å²) in [5.41, 5.74) is 30.3. The molecule has 0 aliphatic carbocycles. The second-order valence-electron chi connectivity index (χ2n) is 23.1. The average Bonchev–Trinajstić information content (AvgIpc) is 2.39. The second kappa shape index (κ2) is 25.8. The SMILES string of the molecule is COc1ccc(C([NH-])(c2ccc(OC)cc2)[C@@H]([NH-])C(C)C)cc1.Cc1cc(C)cc([PH+](c2cc(C)cc(C)c2)c2ccc3c(c2-c2c([PH+](c4cc(C)cc(C)c4)c4cc(C)cc(C)c4)ccc4c2OC(C)(C)O4)OC(C)(C)O3)c1.[Cl][Ru+2][Cl]. The number of fused-ring (bicyclic) bond motifs is 2. The first-order chi connectivity index (χ1) is 38.8. The van der Waals surface area contributed by atoms with Gasteiger partial charge in [-0.3, -0.25) is 0 Å². The minimum absolute atomic E-state index is 0.0525. The fourth-order valence-electron chi connectivity index (χ4n) is 11.6. The van der Waals surface area contributed by atoms with Gasteiger partial charge in [0.25, 0.3) is 0 Å². The van der Waals surface area contributed by atoms with Crippen LogP contribution in [0.5, 0.6) is 34.5 Å². The molecule has 10 rings (SSSR count). The topological polar surface area (TPSA) is 103 Å². The van der Waals surface area contributed by atoms with E-state index in [2.05, 4.69) is 152 Å². The Kier molecular flexibility index (Phi) is 19.7. The van der Waals surface area contributed by atoms with Crippen molar-refractivity contribution >= 4 is 67.1 Å². The standard InChI is InChI=1S/C50H52O4P2.C19H24N2O2.2ClH.Ru/c1-29-17-30(2)22-37(21-29)55(38-23-31(3)18-32(4)24-38)43-15-13-41-47(53-49(9,10)51-41)45(43)46-44(16-14-42-48(46)54-50(11,12)52-42)56(39-25-33(5)19-34(6)26-39)40-27-35(7)20-36(8)28-40;1-13(2)18(20)19(21,14-5-9-16(22-3)10-6-14)15-7-11-17(23-4)12-8-15;;;/h13-28H,1-12H3;5-13,18,20-21H,1-4H3;2*1H;/q;-2;;;+4/t;18-;;;/m.0.../s1. The van der Waals surface area contributed by atoms with E-state index in [9.17, 15) is 0 Å². The Morgan fingerprint density at radius 3 is 0.963 bits per heavy atom. The Bertz CT molecular complexity index is 3180. The predicted molar refractivity (Wildman–Crippen MR) is 346 cm³/mol. The van der Waals surface area contributed by atoms with E-state index in [1.165, 1.54) is 76.3 Å². The van der Waals surface area contributed by atoms with E-state index in [0.29, 0.717) is 0 Å². The van der Waals surface area contributed by atoms with Gasteiger partial charge in [-0.05, 0) is 197 Å². The van der Waals surface area contributed by atoms with Crippen molar-refractivity contribution in [3.8, 4) is 45.6 Å². The summed E-state index contributed by atoms with van der Waals surface area (Å²) >= 11 is -0.346. The normalized spacial score (nSPS) is 14.0. The fraction of sp³-hybridized carbons (Fsp3) is 0.304. The van der Waals surface area contributed by atoms with Crippen LogP contribution in [0.1, 0.15) is 97.2 Å². The minimum atomic E-state index is -1.66. The number of aryl methyl sites for hydroxylation is 8. The number of hydrogen-bond acceptors (Lipinski definition) is 6. The summed E-state index contributed by atoms with van der Waals surface area (Å²) in [6.07, 6.45) is 0. The molecule has 0 amide bonds. The van der Waals surface area contributed by atoms with Crippen molar-refractivity contribution in [2.75, 3.05) is 14.2 Å². The van der Waals surface area contributed by atoms with E-state index in [-0.39, 0.29) is 21.1 Å². The Balaban J connectivity index is 0.000000282. The molecule has 0 bridgehead atoms. The first kappa shape index (κ1) is 62.6. The van der Waals surface area contributed by atoms with Crippen molar-refractivity contribution in [2.24, 2.45) is 5.92 Å². The van der Waals surface area contributed by atoms with Gasteiger partial charge in [-0.25, -0.2) is 0 Å². The van der Waals surface area contributed by atoms with Gasteiger partial charge >= 0.3 is 34.5 Å². The van der Waals surface area contributed by atoms with E-state index < -0.39 is 39.0 Å². The van der Waals surface area contributed by atoms with Crippen LogP contribution >= 0.6 is 35.2 Å². The van der Waals surface area contributed by atoms with Crippen LogP contribution in [0.4, 0.5) is 0 Å². The maximum atomic E-state index is 9.12. The van der Waals surface area contributed by atoms with Crippen LogP contribution in [0.3, 0.4) is 0 Å². The summed E-state index contributed by atoms with van der Waals surface area (Å²) in [6, 6.07) is 51.3. The van der Waals surface area contributed by atoms with Crippen LogP contribution < -0.4 is 60.2 Å². The molecule has 0 fully saturated rings. The summed E-state index contributed by atoms with van der Waals surface area (Å²) in [6.45, 7) is 29.6. The van der Waals surface area contributed by atoms with E-state index >= 15 is 0 Å². The van der Waals surface area contributed by atoms with E-state index in [1.54, 1.807) is 14.2 Å². The average molecular weight is 1270 g/mol. The first-order valence-corrected chi connectivity index (χ1v) is 35.1. The molecule has 0 unspecified atom stereocenters. The third-order valence-corrected chi connectivity index (χ3v) is 20.1. The van der Waals surface area contributed by atoms with Gasteiger partial charge in [-0.2, -0.15) is 0 Å². The summed E-state index contributed by atoms with van der Waals surface area (Å²) in [5, 5.41) is 7.79. The third-order valence-electron chi connectivity index (χ3n) is 14.7. The molecule has 8 nitrogen and oxygen atoms in total. The maximum absolute atomic E-state index is 9.12. The number of methoxy groups -OCH3 is 2. The number of ether oxygens (including phenoxy) is 6. The second-order valence-corrected chi connectivity index (χ2v) is 30.7. The zero-order valence-electron chi connectivity index (χ0n) is 50.1. The Morgan fingerprint density at radius 1 is 0.451 bits per heavy atom. The number of halogens is 2. The molecule has 8 aromatic rings. The van der Waals surface area contributed by atoms with Crippen molar-refractivity contribution in [2.45, 2.75) is 120 Å². The molecule has 1 atom stereocenters. The molecular formula is C69H78Cl2N2O6P2Ru+2. The van der Waals surface area contributed by atoms with Crippen molar-refractivity contribution in [3.05, 3.63) is 213 Å². The Hall–Kier alpha value is -5.46. The summed E-state index contributed by atoms with van der Waals surface area (Å²) < 4.78 is 37.6. The molecule has 2 aliphatic rings. The zero-order valence-corrected chi connectivity index (χ0v) is 55.3. The molecule has 2 heterocycles. The van der Waals surface area contributed by atoms with Crippen LogP contribution in [-0.2, 0) is 20.7 Å². The molecule has 0 aromatic heterocycles. The van der Waals surface area contributed by atoms with Gasteiger partial charge in [0.1, 0.15) is 43.3 Å². The molecule has 0 spiro atoms. The molecule has 0 radical (unpaired) electrons. The Labute approximate surface area is 505 Å². The van der Waals surface area contributed by atoms with Gasteiger partial charge in [-0.15, -0.1) is 6.04 Å². The van der Waals surface area contributed by atoms with Gasteiger partial charge in [0, 0.05) is 27.7 Å². The molecule has 82 heavy (non-hydrogen) atoms. The van der Waals surface area contributed by atoms with E-state index in [0.717, 1.165) is 56.8 Å². The van der Waals surface area contributed by atoms with E-state index in [1.807, 2.05) is 90.1 Å². The summed E-state index contributed by atoms with van der Waals surface area (Å²) in [7, 11) is 9.62. The fourth-order valence-corrected chi connectivity index (χ4v) is 18.0. The van der Waals surface area contributed by atoms with Crippen LogP contribution in [-0.4, -0.2) is 31.8 Å². The number of benzene rings is 8. The monoisotopic (exact) mass is 1260 g/mol. The number of hydrogen-bond donors (Lipinski definition) is 0. The predicted octanol–water partition coefficient (Wildman–Crippen LogP) is 16.3. The molecule has 8 aromatic carbocycles. The van der Waals surface area contributed by atoms with Crippen molar-refractivity contribution in [1.82, 2.24) is 0 Å². The van der Waals surface area contributed by atoms with Crippen LogP contribution in [0.15, 0.2) is 146 Å². The summed E-state index contributed by atoms with van der Waals surface area (Å²) in [5.74, 6) is 2.83. The van der Waals surface area contributed by atoms with Crippen LogP contribution in [0.2, 0.25) is 0 Å². The van der Waals surface area contributed by atoms with Crippen molar-refractivity contribution < 1.29 is 43.6 Å². The summed E-state index contributed by atoms with van der Waals surface area (Å²) in [4.78, 5) is 0. The van der Waals surface area contributed by atoms with E-state index in [4.69, 9.17) is 59.3 Å². The van der Waals surface area contributed by atoms with Crippen LogP contribution in [0.25, 0.3) is 22.6 Å². The third kappa shape index (κ3) is 13.9. The molecule has 2 N–H and O–H groups in total. The molecule has 2 aliphatic heterocycles. The van der Waals surface area contributed by atoms with Crippen molar-refractivity contribution in [1.29, 1.82) is 0 Å². The molecular weight excluding hydrogens is 1190 g/mol. The van der Waals surface area contributed by atoms with Gasteiger partial charge in [0.15, 0.2) is 23.0 Å². The quantitative estimate of drug-likeness (QED) is 0.0842. The number of rotatable bonds is 13. The zero-order chi connectivity index (χ0) is 59.6. The molecule has 430 valence electrons. The van der Waals surface area contributed by atoms with Gasteiger partial charge in [0.05, 0.1) is 41.2 Å². The van der Waals surface area contributed by atoms with Gasteiger partial charge in [-0.1, -0.05) is 85.0 Å². The van der Waals surface area contributed by atoms with Gasteiger partial charge < -0.3 is 39.9 Å².